The van der Waals surface area contributed by atoms with Gasteiger partial charge in [-0.15, -0.1) is 0 Å². The quantitative estimate of drug-likeness (QED) is 0.594. The van der Waals surface area contributed by atoms with E-state index in [1.807, 2.05) is 42.5 Å². The molecule has 0 saturated heterocycles. The van der Waals surface area contributed by atoms with Crippen LogP contribution in [0.1, 0.15) is 10.4 Å². The minimum absolute atomic E-state index is 0.605. The Morgan fingerprint density at radius 3 is 2.33 bits per heavy atom. The third kappa shape index (κ3) is 2.05. The van der Waals surface area contributed by atoms with E-state index in [1.165, 1.54) is 0 Å². The van der Waals surface area contributed by atoms with Crippen LogP contribution in [0.2, 0.25) is 0 Å². The minimum atomic E-state index is 0.605. The summed E-state index contributed by atoms with van der Waals surface area (Å²) in [5.74, 6) is 0. The molecule has 0 saturated carbocycles. The fourth-order valence-electron chi connectivity index (χ4n) is 1.54. The van der Waals surface area contributed by atoms with E-state index in [0.717, 1.165) is 17.4 Å². The van der Waals surface area contributed by atoms with Crippen molar-refractivity contribution in [2.24, 2.45) is 0 Å². The van der Waals surface area contributed by atoms with Crippen LogP contribution < -0.4 is 5.73 Å². The Labute approximate surface area is 88.4 Å². The van der Waals surface area contributed by atoms with Crippen molar-refractivity contribution in [2.45, 2.75) is 0 Å². The van der Waals surface area contributed by atoms with Gasteiger partial charge in [-0.25, -0.2) is 0 Å². The summed E-state index contributed by atoms with van der Waals surface area (Å²) < 4.78 is 0. The van der Waals surface area contributed by atoms with E-state index < -0.39 is 0 Å². The van der Waals surface area contributed by atoms with Gasteiger partial charge in [0.25, 0.3) is 0 Å². The van der Waals surface area contributed by atoms with E-state index in [9.17, 15) is 4.79 Å². The SMILES string of the molecule is Nc1cc(C=O)cc(-c2ccccc2)c1. The number of rotatable bonds is 2. The molecule has 0 radical (unpaired) electrons. The highest BCUT2D eigenvalue weighted by molar-refractivity contribution is 5.81. The van der Waals surface area contributed by atoms with Crippen LogP contribution in [0.3, 0.4) is 0 Å². The Morgan fingerprint density at radius 2 is 1.67 bits per heavy atom. The van der Waals surface area contributed by atoms with Gasteiger partial charge in [0.05, 0.1) is 0 Å². The maximum atomic E-state index is 10.7. The second kappa shape index (κ2) is 3.96. The number of carbonyl (C=O) groups is 1. The van der Waals surface area contributed by atoms with Crippen LogP contribution in [-0.4, -0.2) is 6.29 Å². The Hall–Kier alpha value is -2.09. The lowest BCUT2D eigenvalue weighted by Crippen LogP contribution is -1.89. The van der Waals surface area contributed by atoms with E-state index in [-0.39, 0.29) is 0 Å². The Morgan fingerprint density at radius 1 is 0.933 bits per heavy atom. The molecule has 2 heteroatoms. The summed E-state index contributed by atoms with van der Waals surface area (Å²) in [7, 11) is 0. The van der Waals surface area contributed by atoms with Crippen LogP contribution in [0.25, 0.3) is 11.1 Å². The van der Waals surface area contributed by atoms with Crippen molar-refractivity contribution in [1.82, 2.24) is 0 Å². The molecule has 0 amide bonds. The monoisotopic (exact) mass is 197 g/mol. The number of aldehydes is 1. The molecular formula is C13H11NO. The van der Waals surface area contributed by atoms with Crippen LogP contribution in [0.4, 0.5) is 5.69 Å². The number of nitrogens with two attached hydrogens (primary N) is 1. The summed E-state index contributed by atoms with van der Waals surface area (Å²) in [6, 6.07) is 15.2. The first-order valence-corrected chi connectivity index (χ1v) is 4.71. The summed E-state index contributed by atoms with van der Waals surface area (Å²) in [6.45, 7) is 0. The zero-order valence-electron chi connectivity index (χ0n) is 8.18. The summed E-state index contributed by atoms with van der Waals surface area (Å²) in [4.78, 5) is 10.7. The van der Waals surface area contributed by atoms with Gasteiger partial charge in [-0.2, -0.15) is 0 Å². The van der Waals surface area contributed by atoms with Crippen molar-refractivity contribution in [3.05, 3.63) is 54.1 Å². The highest BCUT2D eigenvalue weighted by atomic mass is 16.1. The molecule has 2 nitrogen and oxygen atoms in total. The number of benzene rings is 2. The van der Waals surface area contributed by atoms with Gasteiger partial charge >= 0.3 is 0 Å². The van der Waals surface area contributed by atoms with Crippen molar-refractivity contribution in [2.75, 3.05) is 5.73 Å². The van der Waals surface area contributed by atoms with Crippen molar-refractivity contribution in [1.29, 1.82) is 0 Å². The predicted molar refractivity (Wildman–Crippen MR) is 61.7 cm³/mol. The van der Waals surface area contributed by atoms with Crippen molar-refractivity contribution >= 4 is 12.0 Å². The van der Waals surface area contributed by atoms with E-state index in [1.54, 1.807) is 6.07 Å². The van der Waals surface area contributed by atoms with Crippen molar-refractivity contribution < 1.29 is 4.79 Å². The molecule has 74 valence electrons. The summed E-state index contributed by atoms with van der Waals surface area (Å²) in [5.41, 5.74) is 8.96. The van der Waals surface area contributed by atoms with Gasteiger partial charge in [0.2, 0.25) is 0 Å². The van der Waals surface area contributed by atoms with Crippen LogP contribution in [0, 0.1) is 0 Å². The normalized spacial score (nSPS) is 9.87. The first-order chi connectivity index (χ1) is 7.29. The molecule has 2 aromatic carbocycles. The molecule has 2 N–H and O–H groups in total. The lowest BCUT2D eigenvalue weighted by molar-refractivity contribution is 0.112. The van der Waals surface area contributed by atoms with Gasteiger partial charge in [-0.1, -0.05) is 30.3 Å². The maximum absolute atomic E-state index is 10.7. The van der Waals surface area contributed by atoms with E-state index >= 15 is 0 Å². The predicted octanol–water partition coefficient (Wildman–Crippen LogP) is 2.75. The fourth-order valence-corrected chi connectivity index (χ4v) is 1.54. The average Bonchev–Trinajstić information content (AvgIpc) is 2.29. The van der Waals surface area contributed by atoms with Gasteiger partial charge in [0, 0.05) is 11.3 Å². The van der Waals surface area contributed by atoms with Crippen LogP contribution in [0.5, 0.6) is 0 Å². The number of hydrogen-bond acceptors (Lipinski definition) is 2. The third-order valence-electron chi connectivity index (χ3n) is 2.22. The molecule has 0 aromatic heterocycles. The Bertz CT molecular complexity index is 477. The lowest BCUT2D eigenvalue weighted by atomic mass is 10.0. The molecule has 0 unspecified atom stereocenters. The Balaban J connectivity index is 2.53. The molecule has 0 heterocycles. The highest BCUT2D eigenvalue weighted by Crippen LogP contribution is 2.22. The van der Waals surface area contributed by atoms with Gasteiger partial charge in [0.1, 0.15) is 6.29 Å². The molecule has 0 atom stereocenters. The zero-order chi connectivity index (χ0) is 10.7. The summed E-state index contributed by atoms with van der Waals surface area (Å²) in [5, 5.41) is 0. The average molecular weight is 197 g/mol. The largest absolute Gasteiger partial charge is 0.399 e. The molecule has 0 aliphatic rings. The van der Waals surface area contributed by atoms with E-state index in [0.29, 0.717) is 11.3 Å². The number of hydrogen-bond donors (Lipinski definition) is 1. The van der Waals surface area contributed by atoms with Crippen LogP contribution in [-0.2, 0) is 0 Å². The highest BCUT2D eigenvalue weighted by Gasteiger charge is 2.00. The third-order valence-corrected chi connectivity index (χ3v) is 2.22. The molecule has 0 aliphatic heterocycles. The van der Waals surface area contributed by atoms with Crippen molar-refractivity contribution in [3.63, 3.8) is 0 Å². The van der Waals surface area contributed by atoms with E-state index in [2.05, 4.69) is 0 Å². The second-order valence-corrected chi connectivity index (χ2v) is 3.37. The number of nitrogen functional groups attached to an aromatic ring is 1. The smallest absolute Gasteiger partial charge is 0.150 e. The van der Waals surface area contributed by atoms with Gasteiger partial charge < -0.3 is 5.73 Å². The zero-order valence-corrected chi connectivity index (χ0v) is 8.18. The van der Waals surface area contributed by atoms with Gasteiger partial charge in [-0.3, -0.25) is 4.79 Å². The number of carbonyl (C=O) groups excluding carboxylic acids is 1. The topological polar surface area (TPSA) is 43.1 Å². The molecule has 0 spiro atoms. The van der Waals surface area contributed by atoms with Crippen molar-refractivity contribution in [3.8, 4) is 11.1 Å². The fraction of sp³-hybridized carbons (Fsp3) is 0. The molecule has 0 fully saturated rings. The first kappa shape index (κ1) is 9.46. The van der Waals surface area contributed by atoms with Gasteiger partial charge in [0.15, 0.2) is 0 Å². The molecule has 15 heavy (non-hydrogen) atoms. The van der Waals surface area contributed by atoms with Crippen LogP contribution >= 0.6 is 0 Å². The maximum Gasteiger partial charge on any atom is 0.150 e. The first-order valence-electron chi connectivity index (χ1n) is 4.71. The van der Waals surface area contributed by atoms with E-state index in [4.69, 9.17) is 5.73 Å². The molecule has 0 bridgehead atoms. The number of anilines is 1. The summed E-state index contributed by atoms with van der Waals surface area (Å²) in [6.07, 6.45) is 0.808. The molecule has 0 aliphatic carbocycles. The minimum Gasteiger partial charge on any atom is -0.399 e. The molecule has 2 aromatic rings. The van der Waals surface area contributed by atoms with Crippen LogP contribution in [0.15, 0.2) is 48.5 Å². The van der Waals surface area contributed by atoms with Gasteiger partial charge in [-0.05, 0) is 29.3 Å². The standard InChI is InChI=1S/C13H11NO/c14-13-7-10(9-15)6-12(8-13)11-4-2-1-3-5-11/h1-9H,14H2. The Kier molecular flexibility index (Phi) is 2.50. The molecular weight excluding hydrogens is 186 g/mol. The second-order valence-electron chi connectivity index (χ2n) is 3.37. The molecule has 2 rings (SSSR count). The lowest BCUT2D eigenvalue weighted by Gasteiger charge is -2.03. The summed E-state index contributed by atoms with van der Waals surface area (Å²) >= 11 is 0.